The molecule has 0 spiro atoms. The van der Waals surface area contributed by atoms with Crippen LogP contribution in [0.5, 0.6) is 0 Å². The third-order valence-electron chi connectivity index (χ3n) is 3.31. The Morgan fingerprint density at radius 1 is 1.14 bits per heavy atom. The number of rotatable bonds is 3. The van der Waals surface area contributed by atoms with Crippen LogP contribution in [0, 0.1) is 6.92 Å². The number of hydrogen-bond acceptors (Lipinski definition) is 2. The van der Waals surface area contributed by atoms with Crippen LogP contribution in [-0.2, 0) is 0 Å². The van der Waals surface area contributed by atoms with Gasteiger partial charge in [0.1, 0.15) is 0 Å². The zero-order chi connectivity index (χ0) is 15.7. The lowest BCUT2D eigenvalue weighted by Crippen LogP contribution is -2.02. The predicted octanol–water partition coefficient (Wildman–Crippen LogP) is 4.20. The summed E-state index contributed by atoms with van der Waals surface area (Å²) in [6.45, 7) is 1.98. The van der Waals surface area contributed by atoms with Gasteiger partial charge in [-0.05, 0) is 42.8 Å². The number of aryl methyl sites for hydroxylation is 1. The van der Waals surface area contributed by atoms with Gasteiger partial charge in [-0.25, -0.2) is 9.48 Å². The van der Waals surface area contributed by atoms with Gasteiger partial charge in [-0.1, -0.05) is 35.9 Å². The lowest BCUT2D eigenvalue weighted by atomic mass is 10.1. The molecule has 0 fully saturated rings. The van der Waals surface area contributed by atoms with Crippen LogP contribution in [0.4, 0.5) is 0 Å². The summed E-state index contributed by atoms with van der Waals surface area (Å²) in [5.41, 5.74) is 3.46. The number of aromatic carboxylic acids is 1. The van der Waals surface area contributed by atoms with Gasteiger partial charge in [0.25, 0.3) is 0 Å². The van der Waals surface area contributed by atoms with E-state index < -0.39 is 5.97 Å². The Bertz CT molecular complexity index is 838. The van der Waals surface area contributed by atoms with Crippen molar-refractivity contribution in [2.75, 3.05) is 0 Å². The number of benzene rings is 2. The van der Waals surface area contributed by atoms with E-state index in [1.807, 2.05) is 43.3 Å². The number of hydrogen-bond donors (Lipinski definition) is 1. The Hall–Kier alpha value is -2.59. The number of nitrogens with zero attached hydrogens (tertiary/aromatic N) is 2. The molecule has 110 valence electrons. The zero-order valence-electron chi connectivity index (χ0n) is 11.8. The average Bonchev–Trinajstić information content (AvgIpc) is 2.93. The van der Waals surface area contributed by atoms with Crippen molar-refractivity contribution < 1.29 is 9.90 Å². The van der Waals surface area contributed by atoms with Crippen molar-refractivity contribution in [3.63, 3.8) is 0 Å². The van der Waals surface area contributed by atoms with Crippen molar-refractivity contribution in [3.8, 4) is 16.9 Å². The molecule has 3 rings (SSSR count). The second-order valence-corrected chi connectivity index (χ2v) is 5.41. The van der Waals surface area contributed by atoms with E-state index in [2.05, 4.69) is 5.10 Å². The number of aromatic nitrogens is 2. The fraction of sp³-hybridized carbons (Fsp3) is 0.0588. The van der Waals surface area contributed by atoms with E-state index in [4.69, 9.17) is 11.6 Å². The normalized spacial score (nSPS) is 10.6. The molecule has 22 heavy (non-hydrogen) atoms. The third kappa shape index (κ3) is 2.73. The molecule has 0 saturated heterocycles. The summed E-state index contributed by atoms with van der Waals surface area (Å²) < 4.78 is 1.64. The van der Waals surface area contributed by atoms with E-state index in [0.717, 1.165) is 16.8 Å². The molecule has 0 radical (unpaired) electrons. The fourth-order valence-electron chi connectivity index (χ4n) is 2.27. The summed E-state index contributed by atoms with van der Waals surface area (Å²) >= 11 is 5.92. The zero-order valence-corrected chi connectivity index (χ0v) is 12.6. The molecule has 0 aliphatic carbocycles. The van der Waals surface area contributed by atoms with Gasteiger partial charge in [0, 0.05) is 10.6 Å². The maximum atomic E-state index is 11.3. The topological polar surface area (TPSA) is 55.1 Å². The third-order valence-corrected chi connectivity index (χ3v) is 3.57. The van der Waals surface area contributed by atoms with E-state index >= 15 is 0 Å². The van der Waals surface area contributed by atoms with E-state index in [9.17, 15) is 9.90 Å². The maximum Gasteiger partial charge on any atom is 0.356 e. The first-order valence-corrected chi connectivity index (χ1v) is 7.09. The van der Waals surface area contributed by atoms with Crippen molar-refractivity contribution in [2.24, 2.45) is 0 Å². The molecule has 1 N–H and O–H groups in total. The second kappa shape index (κ2) is 5.66. The van der Waals surface area contributed by atoms with Gasteiger partial charge < -0.3 is 5.11 Å². The summed E-state index contributed by atoms with van der Waals surface area (Å²) in [6, 6.07) is 16.5. The summed E-state index contributed by atoms with van der Waals surface area (Å²) in [5.74, 6) is -1.05. The summed E-state index contributed by atoms with van der Waals surface area (Å²) in [6.07, 6.45) is 0. The smallest absolute Gasteiger partial charge is 0.356 e. The molecule has 5 heteroatoms. The quantitative estimate of drug-likeness (QED) is 0.788. The van der Waals surface area contributed by atoms with Gasteiger partial charge in [-0.3, -0.25) is 0 Å². The van der Waals surface area contributed by atoms with Gasteiger partial charge in [0.2, 0.25) is 0 Å². The highest BCUT2D eigenvalue weighted by Crippen LogP contribution is 2.26. The number of halogens is 1. The van der Waals surface area contributed by atoms with Crippen molar-refractivity contribution in [3.05, 3.63) is 70.9 Å². The minimum absolute atomic E-state index is 0.00598. The molecule has 0 bridgehead atoms. The molecule has 0 unspecified atom stereocenters. The molecule has 3 aromatic rings. The van der Waals surface area contributed by atoms with Crippen LogP contribution in [-0.4, -0.2) is 20.9 Å². The van der Waals surface area contributed by atoms with Crippen molar-refractivity contribution in [2.45, 2.75) is 6.92 Å². The Balaban J connectivity index is 2.20. The number of carboxylic acid groups (broad SMARTS) is 1. The number of carboxylic acids is 1. The van der Waals surface area contributed by atoms with Gasteiger partial charge in [0.05, 0.1) is 11.4 Å². The summed E-state index contributed by atoms with van der Waals surface area (Å²) in [5, 5.41) is 14.1. The van der Waals surface area contributed by atoms with Crippen LogP contribution in [0.3, 0.4) is 0 Å². The first-order chi connectivity index (χ1) is 10.5. The molecule has 0 saturated carbocycles. The van der Waals surface area contributed by atoms with Gasteiger partial charge >= 0.3 is 5.97 Å². The Labute approximate surface area is 132 Å². The van der Waals surface area contributed by atoms with E-state index in [-0.39, 0.29) is 5.69 Å². The molecular formula is C17H13ClN2O2. The van der Waals surface area contributed by atoms with Gasteiger partial charge in [-0.15, -0.1) is 0 Å². The Kier molecular flexibility index (Phi) is 3.69. The van der Waals surface area contributed by atoms with E-state index in [1.54, 1.807) is 22.9 Å². The summed E-state index contributed by atoms with van der Waals surface area (Å²) in [7, 11) is 0. The molecule has 0 amide bonds. The molecule has 4 nitrogen and oxygen atoms in total. The van der Waals surface area contributed by atoms with Crippen LogP contribution < -0.4 is 0 Å². The van der Waals surface area contributed by atoms with Crippen LogP contribution in [0.15, 0.2) is 54.6 Å². The fourth-order valence-corrected chi connectivity index (χ4v) is 2.39. The maximum absolute atomic E-state index is 11.3. The first kappa shape index (κ1) is 14.4. The van der Waals surface area contributed by atoms with Crippen molar-refractivity contribution in [1.82, 2.24) is 9.78 Å². The van der Waals surface area contributed by atoms with Crippen LogP contribution in [0.2, 0.25) is 5.02 Å². The molecule has 1 heterocycles. The molecule has 1 aromatic heterocycles. The minimum Gasteiger partial charge on any atom is -0.476 e. The first-order valence-electron chi connectivity index (χ1n) is 6.71. The number of carbonyl (C=O) groups is 1. The Morgan fingerprint density at radius 2 is 1.86 bits per heavy atom. The highest BCUT2D eigenvalue weighted by Gasteiger charge is 2.15. The van der Waals surface area contributed by atoms with Crippen LogP contribution in [0.25, 0.3) is 16.9 Å². The lowest BCUT2D eigenvalue weighted by Gasteiger charge is -2.08. The molecule has 0 aliphatic rings. The van der Waals surface area contributed by atoms with E-state index in [0.29, 0.717) is 10.7 Å². The van der Waals surface area contributed by atoms with Gasteiger partial charge in [0.15, 0.2) is 5.69 Å². The predicted molar refractivity (Wildman–Crippen MR) is 85.7 cm³/mol. The average molecular weight is 313 g/mol. The van der Waals surface area contributed by atoms with Crippen LogP contribution in [0.1, 0.15) is 16.1 Å². The largest absolute Gasteiger partial charge is 0.476 e. The molecule has 0 atom stereocenters. The van der Waals surface area contributed by atoms with Gasteiger partial charge in [-0.2, -0.15) is 5.10 Å². The highest BCUT2D eigenvalue weighted by atomic mass is 35.5. The second-order valence-electron chi connectivity index (χ2n) is 4.98. The summed E-state index contributed by atoms with van der Waals surface area (Å²) in [4.78, 5) is 11.3. The lowest BCUT2D eigenvalue weighted by molar-refractivity contribution is 0.0690. The van der Waals surface area contributed by atoms with Crippen molar-refractivity contribution in [1.29, 1.82) is 0 Å². The molecule has 2 aromatic carbocycles. The van der Waals surface area contributed by atoms with E-state index in [1.165, 1.54) is 0 Å². The Morgan fingerprint density at radius 3 is 2.50 bits per heavy atom. The standard InChI is InChI=1S/C17H13ClN2O2/c1-11-3-2-4-14(9-11)20-16(10-15(19-20)17(21)22)12-5-7-13(18)8-6-12/h2-10H,1H3,(H,21,22). The van der Waals surface area contributed by atoms with Crippen LogP contribution >= 0.6 is 11.6 Å². The molecule has 0 aliphatic heterocycles. The SMILES string of the molecule is Cc1cccc(-n2nc(C(=O)O)cc2-c2ccc(Cl)cc2)c1. The minimum atomic E-state index is -1.05. The molecular weight excluding hydrogens is 300 g/mol. The monoisotopic (exact) mass is 312 g/mol. The van der Waals surface area contributed by atoms with Crippen molar-refractivity contribution >= 4 is 17.6 Å². The highest BCUT2D eigenvalue weighted by molar-refractivity contribution is 6.30.